The summed E-state index contributed by atoms with van der Waals surface area (Å²) >= 11 is 1.64. The fourth-order valence-corrected chi connectivity index (χ4v) is 4.01. The van der Waals surface area contributed by atoms with E-state index in [2.05, 4.69) is 11.4 Å². The van der Waals surface area contributed by atoms with Crippen molar-refractivity contribution in [3.63, 3.8) is 0 Å². The summed E-state index contributed by atoms with van der Waals surface area (Å²) in [4.78, 5) is 14.4. The summed E-state index contributed by atoms with van der Waals surface area (Å²) in [6.45, 7) is 0.576. The minimum Gasteiger partial charge on any atom is -0.351 e. The predicted molar refractivity (Wildman–Crippen MR) is 88.0 cm³/mol. The van der Waals surface area contributed by atoms with Gasteiger partial charge in [-0.2, -0.15) is 0 Å². The van der Waals surface area contributed by atoms with Gasteiger partial charge in [0.15, 0.2) is 0 Å². The molecule has 2 aromatic rings. The van der Waals surface area contributed by atoms with Crippen LogP contribution in [0.25, 0.3) is 0 Å². The van der Waals surface area contributed by atoms with E-state index in [0.717, 1.165) is 29.7 Å². The molecule has 0 bridgehead atoms. The van der Waals surface area contributed by atoms with Crippen molar-refractivity contribution in [2.24, 2.45) is 0 Å². The summed E-state index contributed by atoms with van der Waals surface area (Å²) in [7, 11) is 0. The molecule has 0 atom stereocenters. The van der Waals surface area contributed by atoms with Crippen molar-refractivity contribution in [1.82, 2.24) is 5.32 Å². The van der Waals surface area contributed by atoms with Crippen molar-refractivity contribution >= 4 is 17.2 Å². The smallest absolute Gasteiger partial charge is 0.261 e. The van der Waals surface area contributed by atoms with Crippen molar-refractivity contribution in [1.29, 1.82) is 0 Å². The van der Waals surface area contributed by atoms with Gasteiger partial charge in [-0.05, 0) is 61.4 Å². The van der Waals surface area contributed by atoms with E-state index in [4.69, 9.17) is 0 Å². The van der Waals surface area contributed by atoms with Gasteiger partial charge in [0.1, 0.15) is 5.82 Å². The van der Waals surface area contributed by atoms with E-state index in [1.165, 1.54) is 41.8 Å². The maximum Gasteiger partial charge on any atom is 0.261 e. The summed E-state index contributed by atoms with van der Waals surface area (Å²) in [5, 5.41) is 2.96. The second kappa shape index (κ2) is 7.05. The molecule has 0 spiro atoms. The zero-order chi connectivity index (χ0) is 15.4. The number of hydrogen-bond acceptors (Lipinski definition) is 2. The lowest BCUT2D eigenvalue weighted by atomic mass is 10.1. The number of hydrogen-bond donors (Lipinski definition) is 1. The molecule has 1 N–H and O–H groups in total. The molecule has 1 aliphatic carbocycles. The van der Waals surface area contributed by atoms with Gasteiger partial charge in [-0.15, -0.1) is 11.3 Å². The lowest BCUT2D eigenvalue weighted by Crippen LogP contribution is -2.24. The number of halogens is 1. The molecule has 0 fully saturated rings. The molecule has 1 aromatic carbocycles. The number of nitrogens with one attached hydrogen (secondary N) is 1. The number of carbonyl (C=O) groups is 1. The third kappa shape index (κ3) is 3.74. The fourth-order valence-electron chi connectivity index (χ4n) is 2.84. The second-order valence-corrected chi connectivity index (χ2v) is 6.89. The van der Waals surface area contributed by atoms with Gasteiger partial charge < -0.3 is 5.32 Å². The molecule has 1 heterocycles. The van der Waals surface area contributed by atoms with Gasteiger partial charge in [0.2, 0.25) is 0 Å². The standard InChI is InChI=1S/C18H20FNOS/c19-15-8-6-13(7-9-15)10-11-20-18(21)17-12-14-4-2-1-3-5-16(14)22-17/h6-9,12H,1-5,10-11H2,(H,20,21). The zero-order valence-corrected chi connectivity index (χ0v) is 13.3. The van der Waals surface area contributed by atoms with Crippen molar-refractivity contribution in [3.8, 4) is 0 Å². The van der Waals surface area contributed by atoms with Crippen LogP contribution < -0.4 is 5.32 Å². The first kappa shape index (κ1) is 15.2. The SMILES string of the molecule is O=C(NCCc1ccc(F)cc1)c1cc2c(s1)CCCCC2. The van der Waals surface area contributed by atoms with E-state index in [1.807, 2.05) is 0 Å². The Kier molecular flexibility index (Phi) is 4.88. The number of aryl methyl sites for hydroxylation is 2. The summed E-state index contributed by atoms with van der Waals surface area (Å²) in [6.07, 6.45) is 6.70. The molecule has 2 nitrogen and oxygen atoms in total. The maximum absolute atomic E-state index is 12.8. The van der Waals surface area contributed by atoms with E-state index in [-0.39, 0.29) is 11.7 Å². The van der Waals surface area contributed by atoms with E-state index in [0.29, 0.717) is 6.54 Å². The van der Waals surface area contributed by atoms with Crippen LogP contribution in [0.15, 0.2) is 30.3 Å². The molecule has 116 valence electrons. The first-order valence-corrected chi connectivity index (χ1v) is 8.68. The van der Waals surface area contributed by atoms with E-state index < -0.39 is 0 Å². The van der Waals surface area contributed by atoms with E-state index in [1.54, 1.807) is 23.5 Å². The van der Waals surface area contributed by atoms with Gasteiger partial charge in [-0.3, -0.25) is 4.79 Å². The Balaban J connectivity index is 1.54. The average Bonchev–Trinajstić information content (AvgIpc) is 2.80. The summed E-state index contributed by atoms with van der Waals surface area (Å²) in [5.74, 6) is -0.215. The normalized spacial score (nSPS) is 14.2. The Labute approximate surface area is 134 Å². The lowest BCUT2D eigenvalue weighted by Gasteiger charge is -2.04. The molecule has 1 aliphatic rings. The Morgan fingerprint density at radius 3 is 2.73 bits per heavy atom. The van der Waals surface area contributed by atoms with Crippen LogP contribution in [0.1, 0.15) is 44.9 Å². The van der Waals surface area contributed by atoms with Gasteiger partial charge in [0.05, 0.1) is 4.88 Å². The highest BCUT2D eigenvalue weighted by Gasteiger charge is 2.16. The van der Waals surface area contributed by atoms with Crippen LogP contribution in [0, 0.1) is 5.82 Å². The van der Waals surface area contributed by atoms with Crippen LogP contribution in [0.2, 0.25) is 0 Å². The van der Waals surface area contributed by atoms with Crippen molar-refractivity contribution in [3.05, 3.63) is 57.0 Å². The summed E-state index contributed by atoms with van der Waals surface area (Å²) < 4.78 is 12.8. The van der Waals surface area contributed by atoms with E-state index in [9.17, 15) is 9.18 Å². The number of amides is 1. The van der Waals surface area contributed by atoms with E-state index >= 15 is 0 Å². The van der Waals surface area contributed by atoms with Crippen LogP contribution >= 0.6 is 11.3 Å². The largest absolute Gasteiger partial charge is 0.351 e. The number of fused-ring (bicyclic) bond motifs is 1. The van der Waals surface area contributed by atoms with Crippen LogP contribution in [0.4, 0.5) is 4.39 Å². The van der Waals surface area contributed by atoms with Gasteiger partial charge in [-0.25, -0.2) is 4.39 Å². The first-order chi connectivity index (χ1) is 10.7. The number of rotatable bonds is 4. The van der Waals surface area contributed by atoms with Gasteiger partial charge >= 0.3 is 0 Å². The van der Waals surface area contributed by atoms with Gasteiger partial charge in [0, 0.05) is 11.4 Å². The molecular formula is C18H20FNOS. The Morgan fingerprint density at radius 1 is 1.14 bits per heavy atom. The van der Waals surface area contributed by atoms with Gasteiger partial charge in [-0.1, -0.05) is 18.6 Å². The fraction of sp³-hybridized carbons (Fsp3) is 0.389. The van der Waals surface area contributed by atoms with Gasteiger partial charge in [0.25, 0.3) is 5.91 Å². The summed E-state index contributed by atoms with van der Waals surface area (Å²) in [6, 6.07) is 8.49. The molecule has 1 aromatic heterocycles. The summed E-state index contributed by atoms with van der Waals surface area (Å²) in [5.41, 5.74) is 2.40. The van der Waals surface area contributed by atoms with Crippen LogP contribution in [-0.4, -0.2) is 12.5 Å². The molecule has 4 heteroatoms. The Morgan fingerprint density at radius 2 is 1.91 bits per heavy atom. The molecule has 1 amide bonds. The monoisotopic (exact) mass is 317 g/mol. The highest BCUT2D eigenvalue weighted by molar-refractivity contribution is 7.14. The minimum atomic E-state index is -0.229. The number of thiophene rings is 1. The van der Waals surface area contributed by atoms with Crippen molar-refractivity contribution in [2.45, 2.75) is 38.5 Å². The second-order valence-electron chi connectivity index (χ2n) is 5.75. The predicted octanol–water partition coefficient (Wildman–Crippen LogP) is 4.13. The van der Waals surface area contributed by atoms with Crippen LogP contribution in [0.3, 0.4) is 0 Å². The van der Waals surface area contributed by atoms with Crippen LogP contribution in [-0.2, 0) is 19.3 Å². The topological polar surface area (TPSA) is 29.1 Å². The Hall–Kier alpha value is -1.68. The van der Waals surface area contributed by atoms with Crippen molar-refractivity contribution < 1.29 is 9.18 Å². The first-order valence-electron chi connectivity index (χ1n) is 7.86. The molecule has 0 unspecified atom stereocenters. The molecule has 0 saturated heterocycles. The quantitative estimate of drug-likeness (QED) is 0.844. The molecular weight excluding hydrogens is 297 g/mol. The molecule has 0 radical (unpaired) electrons. The van der Waals surface area contributed by atoms with Crippen LogP contribution in [0.5, 0.6) is 0 Å². The molecule has 3 rings (SSSR count). The third-order valence-corrected chi connectivity index (χ3v) is 5.32. The molecule has 0 aliphatic heterocycles. The highest BCUT2D eigenvalue weighted by Crippen LogP contribution is 2.28. The highest BCUT2D eigenvalue weighted by atomic mass is 32.1. The maximum atomic E-state index is 12.8. The average molecular weight is 317 g/mol. The Bertz CT molecular complexity index is 624. The number of benzene rings is 1. The molecule has 22 heavy (non-hydrogen) atoms. The zero-order valence-electron chi connectivity index (χ0n) is 12.5. The third-order valence-electron chi connectivity index (χ3n) is 4.08. The lowest BCUT2D eigenvalue weighted by molar-refractivity contribution is 0.0958. The number of carbonyl (C=O) groups excluding carboxylic acids is 1. The van der Waals surface area contributed by atoms with Crippen molar-refractivity contribution in [2.75, 3.05) is 6.54 Å². The minimum absolute atomic E-state index is 0.0141. The molecule has 0 saturated carbocycles.